The average molecular weight is 447 g/mol. The Morgan fingerprint density at radius 3 is 2.53 bits per heavy atom. The van der Waals surface area contributed by atoms with Crippen molar-refractivity contribution in [2.45, 2.75) is 26.4 Å². The lowest BCUT2D eigenvalue weighted by Gasteiger charge is -2.29. The van der Waals surface area contributed by atoms with Crippen LogP contribution in [0.1, 0.15) is 39.0 Å². The first-order valence-corrected chi connectivity index (χ1v) is 10.9. The summed E-state index contributed by atoms with van der Waals surface area (Å²) in [5.41, 5.74) is 3.77. The Balaban J connectivity index is 1.75. The number of carbonyl (C=O) groups excluding carboxylic acids is 2. The minimum atomic E-state index is -1.02. The van der Waals surface area contributed by atoms with Gasteiger partial charge in [-0.3, -0.25) is 14.5 Å². The van der Waals surface area contributed by atoms with Crippen LogP contribution in [0, 0.1) is 13.8 Å². The number of hydrogen-bond acceptors (Lipinski definition) is 6. The van der Waals surface area contributed by atoms with E-state index in [0.29, 0.717) is 18.0 Å². The predicted octanol–water partition coefficient (Wildman–Crippen LogP) is 4.45. The lowest BCUT2D eigenvalue weighted by molar-refractivity contribution is -0.123. The van der Waals surface area contributed by atoms with Gasteiger partial charge in [0.15, 0.2) is 11.7 Å². The van der Waals surface area contributed by atoms with Gasteiger partial charge < -0.3 is 9.73 Å². The van der Waals surface area contributed by atoms with Crippen molar-refractivity contribution in [3.05, 3.63) is 100 Å². The molecule has 2 aromatic carbocycles. The molecule has 32 heavy (non-hydrogen) atoms. The van der Waals surface area contributed by atoms with Gasteiger partial charge in [-0.25, -0.2) is 0 Å². The molecule has 0 saturated heterocycles. The highest BCUT2D eigenvalue weighted by atomic mass is 32.1. The standard InChI is InChI=1S/C24H22N4O3S/c1-16-10-11-19(13-17(16)2)28(24(30)20-15-32-27-26-20)22(21-9-6-12-31-21)23(29)25-14-18-7-4-3-5-8-18/h3-13,15,22H,14H2,1-2H3,(H,25,29)/t22-/m0/s1. The summed E-state index contributed by atoms with van der Waals surface area (Å²) in [6.07, 6.45) is 1.49. The number of benzene rings is 2. The second kappa shape index (κ2) is 9.57. The number of furan rings is 1. The normalized spacial score (nSPS) is 11.7. The second-order valence-corrected chi connectivity index (χ2v) is 7.97. The maximum atomic E-state index is 13.5. The Bertz CT molecular complexity index is 1190. The molecule has 4 aromatic rings. The van der Waals surface area contributed by atoms with Gasteiger partial charge in [0.05, 0.1) is 6.26 Å². The number of aromatic nitrogens is 2. The molecule has 162 valence electrons. The van der Waals surface area contributed by atoms with E-state index in [2.05, 4.69) is 14.9 Å². The van der Waals surface area contributed by atoms with Crippen molar-refractivity contribution in [1.29, 1.82) is 0 Å². The van der Waals surface area contributed by atoms with Crippen molar-refractivity contribution in [2.75, 3.05) is 4.90 Å². The van der Waals surface area contributed by atoms with Crippen molar-refractivity contribution in [3.63, 3.8) is 0 Å². The molecule has 2 heterocycles. The maximum Gasteiger partial charge on any atom is 0.280 e. The Labute approximate surface area is 189 Å². The quantitative estimate of drug-likeness (QED) is 0.453. The van der Waals surface area contributed by atoms with E-state index < -0.39 is 11.9 Å². The summed E-state index contributed by atoms with van der Waals surface area (Å²) in [5.74, 6) is -0.442. The van der Waals surface area contributed by atoms with Gasteiger partial charge in [-0.15, -0.1) is 5.10 Å². The first kappa shape index (κ1) is 21.5. The van der Waals surface area contributed by atoms with Gasteiger partial charge in [-0.1, -0.05) is 40.9 Å². The number of anilines is 1. The van der Waals surface area contributed by atoms with Crippen LogP contribution in [-0.2, 0) is 11.3 Å². The molecule has 4 rings (SSSR count). The summed E-state index contributed by atoms with van der Waals surface area (Å²) < 4.78 is 9.42. The zero-order valence-corrected chi connectivity index (χ0v) is 18.5. The summed E-state index contributed by atoms with van der Waals surface area (Å²) in [6.45, 7) is 4.28. The van der Waals surface area contributed by atoms with Crippen molar-refractivity contribution in [1.82, 2.24) is 14.9 Å². The Hall–Kier alpha value is -3.78. The van der Waals surface area contributed by atoms with Crippen LogP contribution in [0.3, 0.4) is 0 Å². The van der Waals surface area contributed by atoms with Crippen LogP contribution in [0.5, 0.6) is 0 Å². The van der Waals surface area contributed by atoms with E-state index in [1.165, 1.54) is 11.2 Å². The van der Waals surface area contributed by atoms with Crippen molar-refractivity contribution < 1.29 is 14.0 Å². The largest absolute Gasteiger partial charge is 0.467 e. The van der Waals surface area contributed by atoms with E-state index in [1.807, 2.05) is 62.4 Å². The molecule has 8 heteroatoms. The SMILES string of the molecule is Cc1ccc(N(C(=O)c2csnn2)[C@H](C(=O)NCc2ccccc2)c2ccco2)cc1C. The molecule has 2 amide bonds. The van der Waals surface area contributed by atoms with E-state index in [4.69, 9.17) is 4.42 Å². The molecule has 0 saturated carbocycles. The third kappa shape index (κ3) is 4.60. The second-order valence-electron chi connectivity index (χ2n) is 7.36. The lowest BCUT2D eigenvalue weighted by Crippen LogP contribution is -2.44. The minimum Gasteiger partial charge on any atom is -0.467 e. The molecule has 7 nitrogen and oxygen atoms in total. The third-order valence-electron chi connectivity index (χ3n) is 5.20. The Morgan fingerprint density at radius 1 is 1.06 bits per heavy atom. The number of nitrogens with zero attached hydrogens (tertiary/aromatic N) is 3. The van der Waals surface area contributed by atoms with E-state index >= 15 is 0 Å². The first-order chi connectivity index (χ1) is 15.5. The van der Waals surface area contributed by atoms with Crippen LogP contribution in [0.2, 0.25) is 0 Å². The van der Waals surface area contributed by atoms with Crippen LogP contribution < -0.4 is 10.2 Å². The molecule has 2 aromatic heterocycles. The smallest absolute Gasteiger partial charge is 0.280 e. The molecule has 0 aliphatic rings. The van der Waals surface area contributed by atoms with E-state index in [-0.39, 0.29) is 11.6 Å². The monoisotopic (exact) mass is 446 g/mol. The van der Waals surface area contributed by atoms with Crippen LogP contribution in [0.4, 0.5) is 5.69 Å². The molecular formula is C24H22N4O3S. The van der Waals surface area contributed by atoms with Gasteiger partial charge in [-0.2, -0.15) is 0 Å². The molecule has 0 spiro atoms. The van der Waals surface area contributed by atoms with E-state index in [1.54, 1.807) is 17.5 Å². The topological polar surface area (TPSA) is 88.3 Å². The molecule has 0 bridgehead atoms. The fraction of sp³-hybridized carbons (Fsp3) is 0.167. The maximum absolute atomic E-state index is 13.5. The summed E-state index contributed by atoms with van der Waals surface area (Å²) >= 11 is 1.08. The summed E-state index contributed by atoms with van der Waals surface area (Å²) in [4.78, 5) is 28.4. The van der Waals surface area contributed by atoms with Gasteiger partial charge in [0.2, 0.25) is 0 Å². The number of hydrogen-bond donors (Lipinski definition) is 1. The highest BCUT2D eigenvalue weighted by Gasteiger charge is 2.36. The van der Waals surface area contributed by atoms with Crippen LogP contribution >= 0.6 is 11.5 Å². The molecule has 0 aliphatic carbocycles. The molecule has 0 unspecified atom stereocenters. The average Bonchev–Trinajstić information content (AvgIpc) is 3.53. The highest BCUT2D eigenvalue weighted by Crippen LogP contribution is 2.31. The van der Waals surface area contributed by atoms with Gasteiger partial charge >= 0.3 is 0 Å². The number of rotatable bonds is 7. The summed E-state index contributed by atoms with van der Waals surface area (Å²) in [7, 11) is 0. The third-order valence-corrected chi connectivity index (χ3v) is 5.70. The number of aryl methyl sites for hydroxylation is 2. The van der Waals surface area contributed by atoms with Crippen molar-refractivity contribution >= 4 is 29.0 Å². The number of carbonyl (C=O) groups is 2. The molecule has 0 aliphatic heterocycles. The summed E-state index contributed by atoms with van der Waals surface area (Å²) in [5, 5.41) is 8.44. The zero-order chi connectivity index (χ0) is 22.5. The van der Waals surface area contributed by atoms with Crippen LogP contribution in [0.25, 0.3) is 0 Å². The lowest BCUT2D eigenvalue weighted by atomic mass is 10.1. The molecule has 0 fully saturated rings. The van der Waals surface area contributed by atoms with Gasteiger partial charge in [0.25, 0.3) is 11.8 Å². The predicted molar refractivity (Wildman–Crippen MR) is 122 cm³/mol. The highest BCUT2D eigenvalue weighted by molar-refractivity contribution is 7.03. The number of amides is 2. The summed E-state index contributed by atoms with van der Waals surface area (Å²) in [6, 6.07) is 17.6. The Kier molecular flexibility index (Phi) is 6.42. The Morgan fingerprint density at radius 2 is 1.88 bits per heavy atom. The van der Waals surface area contributed by atoms with E-state index in [9.17, 15) is 9.59 Å². The van der Waals surface area contributed by atoms with Crippen LogP contribution in [0.15, 0.2) is 76.7 Å². The molecule has 1 N–H and O–H groups in total. The van der Waals surface area contributed by atoms with Gasteiger partial charge in [0.1, 0.15) is 5.76 Å². The van der Waals surface area contributed by atoms with E-state index in [0.717, 1.165) is 28.2 Å². The van der Waals surface area contributed by atoms with Gasteiger partial charge in [0, 0.05) is 17.6 Å². The first-order valence-electron chi connectivity index (χ1n) is 10.1. The van der Waals surface area contributed by atoms with Gasteiger partial charge in [-0.05, 0) is 66.3 Å². The number of nitrogens with one attached hydrogen (secondary N) is 1. The minimum absolute atomic E-state index is 0.167. The molecular weight excluding hydrogens is 424 g/mol. The van der Waals surface area contributed by atoms with Crippen LogP contribution in [-0.4, -0.2) is 21.4 Å². The molecule has 0 radical (unpaired) electrons. The fourth-order valence-electron chi connectivity index (χ4n) is 3.34. The molecule has 1 atom stereocenters. The fourth-order valence-corrected chi connectivity index (χ4v) is 3.77. The zero-order valence-electron chi connectivity index (χ0n) is 17.7. The van der Waals surface area contributed by atoms with Crippen molar-refractivity contribution in [2.24, 2.45) is 0 Å². The van der Waals surface area contributed by atoms with Crippen molar-refractivity contribution in [3.8, 4) is 0 Å².